The van der Waals surface area contributed by atoms with Gasteiger partial charge in [-0.2, -0.15) is 0 Å². The predicted molar refractivity (Wildman–Crippen MR) is 395 cm³/mol. The fraction of sp³-hybridized carbons (Fsp3) is 0.542. The highest BCUT2D eigenvalue weighted by Gasteiger charge is 2.47. The number of fused-ring (bicyclic) bond motifs is 3. The Morgan fingerprint density at radius 2 is 0.788 bits per heavy atom. The number of nitrogens with one attached hydrogen (secondary N) is 3. The van der Waals surface area contributed by atoms with E-state index in [1.807, 2.05) is 0 Å². The highest BCUT2D eigenvalue weighted by molar-refractivity contribution is 8.44. The highest BCUT2D eigenvalue weighted by atomic mass is 32.7. The molecule has 0 spiro atoms. The zero-order valence-corrected chi connectivity index (χ0v) is 64.2. The number of aromatic amines is 3. The largest absolute Gasteiger partial charge is 0.394 e. The summed E-state index contributed by atoms with van der Waals surface area (Å²) in [7, 11) is 0. The van der Waals surface area contributed by atoms with E-state index in [4.69, 9.17) is 96.4 Å². The van der Waals surface area contributed by atoms with Crippen molar-refractivity contribution in [1.29, 1.82) is 0 Å². The molecule has 0 saturated carbocycles. The molecule has 0 amide bonds. The lowest BCUT2D eigenvalue weighted by molar-refractivity contribution is -0.0531. The van der Waals surface area contributed by atoms with Crippen molar-refractivity contribution in [3.63, 3.8) is 0 Å². The van der Waals surface area contributed by atoms with Gasteiger partial charge in [0, 0.05) is 74.3 Å². The van der Waals surface area contributed by atoms with E-state index in [9.17, 15) is 73.8 Å². The van der Waals surface area contributed by atoms with E-state index < -0.39 is 178 Å². The smallest absolute Gasteiger partial charge is 0.386 e. The molecule has 113 heavy (non-hydrogen) atoms. The van der Waals surface area contributed by atoms with Gasteiger partial charge in [0.2, 0.25) is 0 Å². The Hall–Kier alpha value is -7.83. The van der Waals surface area contributed by atoms with Crippen LogP contribution in [0.1, 0.15) is 87.0 Å². The van der Waals surface area contributed by atoms with Gasteiger partial charge in [0.05, 0.1) is 89.1 Å². The second-order valence-electron chi connectivity index (χ2n) is 26.4. The summed E-state index contributed by atoms with van der Waals surface area (Å²) in [4.78, 5) is 136. The molecule has 0 radical (unpaired) electrons. The van der Waals surface area contributed by atoms with Crippen LogP contribution in [0.4, 0.5) is 17.5 Å². The first-order valence-electron chi connectivity index (χ1n) is 34.3. The van der Waals surface area contributed by atoms with Crippen molar-refractivity contribution in [2.24, 2.45) is 0 Å². The number of nitrogens with two attached hydrogens (primary N) is 3. The number of aromatic nitrogens is 18. The number of aliphatic hydroxyl groups excluding tert-OH is 6. The molecule has 17 N–H and O–H groups in total. The first-order valence-corrected chi connectivity index (χ1v) is 42.2. The third kappa shape index (κ3) is 18.7. The molecule has 0 bridgehead atoms. The molecule has 15 heterocycles. The average molecular weight is 1700 g/mol. The lowest BCUT2D eigenvalue weighted by Gasteiger charge is -2.24. The second-order valence-corrected chi connectivity index (χ2v) is 34.8. The molecule has 15 rings (SSSR count). The molecule has 6 saturated heterocycles. The third-order valence-electron chi connectivity index (χ3n) is 18.9. The number of rotatable bonds is 24. The van der Waals surface area contributed by atoms with Crippen LogP contribution in [0.3, 0.4) is 0 Å². The quantitative estimate of drug-likeness (QED) is 0.0211. The van der Waals surface area contributed by atoms with Crippen LogP contribution in [0, 0.1) is 13.8 Å². The Morgan fingerprint density at radius 1 is 0.469 bits per heavy atom. The van der Waals surface area contributed by atoms with Crippen molar-refractivity contribution in [3.8, 4) is 0 Å². The Morgan fingerprint density at radius 3 is 1.16 bits per heavy atom. The van der Waals surface area contributed by atoms with Crippen LogP contribution >= 0.6 is 32.5 Å². The number of nitrogen functional groups attached to an aromatic ring is 3. The van der Waals surface area contributed by atoms with Gasteiger partial charge in [0.1, 0.15) is 116 Å². The van der Waals surface area contributed by atoms with E-state index in [1.54, 1.807) is 13.7 Å². The highest BCUT2D eigenvalue weighted by Crippen LogP contribution is 2.57. The molecular weight excluding hydrogens is 1620 g/mol. The molecule has 612 valence electrons. The molecule has 9 aromatic rings. The SMILES string of the molecule is Cc1cn([C@H]2CC(O)[C@@H](COP(O)(=S)OC3C[C@H](n4cc(C)c(=O)[nH]c4=O)O[C@@H]3CO)O2)c(=O)[nH]c1=O.Nc1ncnc2c1ncn2[C@H]1CC(O)[C@@H](COP(=O)(S)OC2C[C@H](n3ccc(=O)[nH]c3=O)O[C@@H]2CO)O1.Nc1ncnc2c1ncn2[C@H]1CC(O)[C@@H](COP(O)(=S)OC2C[C@H](n3cnc4c(N)ncnc43)O[C@@H]2CO)O1. The number of thiol groups is 1. The van der Waals surface area contributed by atoms with E-state index in [-0.39, 0.29) is 93.5 Å². The van der Waals surface area contributed by atoms with Crippen LogP contribution in [0.5, 0.6) is 0 Å². The fourth-order valence-electron chi connectivity index (χ4n) is 13.1. The molecule has 48 nitrogen and oxygen atoms in total. The van der Waals surface area contributed by atoms with Crippen LogP contribution in [-0.2, 0) is 83.7 Å². The maximum absolute atomic E-state index is 13.0. The van der Waals surface area contributed by atoms with Crippen LogP contribution in [0.2, 0.25) is 0 Å². The molecule has 9 aromatic heterocycles. The lowest BCUT2D eigenvalue weighted by atomic mass is 10.2. The van der Waals surface area contributed by atoms with Crippen LogP contribution in [-0.4, -0.2) is 241 Å². The fourth-order valence-corrected chi connectivity index (χ4v) is 17.6. The first-order chi connectivity index (χ1) is 53.8. The summed E-state index contributed by atoms with van der Waals surface area (Å²) in [5.74, 6) is 0.660. The van der Waals surface area contributed by atoms with Gasteiger partial charge in [0.15, 0.2) is 34.4 Å². The van der Waals surface area contributed by atoms with Gasteiger partial charge >= 0.3 is 37.3 Å². The summed E-state index contributed by atoms with van der Waals surface area (Å²) in [6.07, 6.45) is -2.55. The van der Waals surface area contributed by atoms with Gasteiger partial charge in [-0.3, -0.25) is 65.8 Å². The van der Waals surface area contributed by atoms with E-state index in [0.29, 0.717) is 33.5 Å². The number of ether oxygens (including phenoxy) is 6. The van der Waals surface area contributed by atoms with Gasteiger partial charge < -0.3 is 104 Å². The van der Waals surface area contributed by atoms with Crippen LogP contribution in [0.15, 0.2) is 91.4 Å². The summed E-state index contributed by atoms with van der Waals surface area (Å²) in [6, 6.07) is 1.15. The summed E-state index contributed by atoms with van der Waals surface area (Å²) in [5.41, 5.74) is 16.9. The van der Waals surface area contributed by atoms with Gasteiger partial charge in [0.25, 0.3) is 16.7 Å². The number of aliphatic hydroxyl groups is 6. The summed E-state index contributed by atoms with van der Waals surface area (Å²) in [6.45, 7) is -11.1. The molecule has 0 aliphatic carbocycles. The minimum Gasteiger partial charge on any atom is -0.394 e. The van der Waals surface area contributed by atoms with E-state index >= 15 is 0 Å². The van der Waals surface area contributed by atoms with E-state index in [2.05, 4.69) is 72.1 Å². The Bertz CT molecular complexity index is 5480. The maximum atomic E-state index is 13.0. The number of aryl methyl sites for hydroxylation is 2. The predicted octanol–water partition coefficient (Wildman–Crippen LogP) is -3.05. The Labute approximate surface area is 647 Å². The number of nitrogens with zero attached hydrogens (tertiary/aromatic N) is 15. The van der Waals surface area contributed by atoms with Gasteiger partial charge in [-0.25, -0.2) is 63.8 Å². The number of hydrogen-bond donors (Lipinski definition) is 15. The zero-order chi connectivity index (χ0) is 80.7. The van der Waals surface area contributed by atoms with Crippen LogP contribution in [0.25, 0.3) is 33.5 Å². The van der Waals surface area contributed by atoms with Gasteiger partial charge in [-0.05, 0) is 37.5 Å². The molecule has 6 fully saturated rings. The standard InChI is InChI=1S/C20H25N10O7PS.C20H27N4O11PS.C19H24N7O9PS/c21-17-15-19(25-5-23-17)29(7-27-15)13-1-9(32)12(36-13)4-34-38(33,39)37-10-2-14(35-11(10)3-31)30-8-28-16-18(22)24-6-26-20(16)30;1-9-5-23(19(29)21-17(9)27)15-3-11(26)14(34-15)8-32-36(31,37)35-12-4-16(33-13(12)7-25)24-6-10(2)18(28)22-20(24)30;20-17-16-18(22-7-21-17)26(8-23-16)14-3-9(28)12(34-14)6-32-36(31,37)35-10-4-15(33-11(10)5-27)25-2-1-13(29)24-19(25)30/h5-14,31-32H,1-4H2,(H,33,39)(H2,21,23,25)(H2,22,24,26);5-6,11-16,25-26H,3-4,7-8H2,1-2H3,(H,31,37)(H,21,27,29)(H,22,28,30);1-2,7-12,14-15,27-28H,3-6H2,(H,31,37)(H2,20,21,22)(H,24,29,30)/t9?,10?,11-,12-,13-,14-,38?;11?,12?,13-,14-,15-,16-,36?;9?,10?,11-,12-,14-,15-,36?/m111/s1. The van der Waals surface area contributed by atoms with E-state index in [0.717, 1.165) is 19.8 Å². The average Bonchev–Trinajstić information content (AvgIpc) is 1.66. The topological polar surface area (TPSA) is 663 Å². The van der Waals surface area contributed by atoms with Crippen molar-refractivity contribution < 1.29 is 101 Å². The van der Waals surface area contributed by atoms with Crippen molar-refractivity contribution >= 4 is 107 Å². The normalized spacial score (nSPS) is 29.3. The molecular formula is C59H76N21O27P3S3. The molecule has 6 aliphatic heterocycles. The molecule has 0 aromatic carbocycles. The van der Waals surface area contributed by atoms with E-state index in [1.165, 1.54) is 70.4 Å². The van der Waals surface area contributed by atoms with Crippen molar-refractivity contribution in [3.05, 3.63) is 136 Å². The van der Waals surface area contributed by atoms with Gasteiger partial charge in [-0.15, -0.1) is 0 Å². The second kappa shape index (κ2) is 34.5. The first kappa shape index (κ1) is 83.1. The van der Waals surface area contributed by atoms with Gasteiger partial charge in [-0.1, -0.05) is 12.2 Å². The summed E-state index contributed by atoms with van der Waals surface area (Å²) in [5, 5.41) is 60.7. The maximum Gasteiger partial charge on any atom is 0.386 e. The van der Waals surface area contributed by atoms with Crippen LogP contribution < -0.4 is 50.9 Å². The van der Waals surface area contributed by atoms with Crippen molar-refractivity contribution in [1.82, 2.24) is 87.2 Å². The molecule has 21 atom stereocenters. The monoisotopic (exact) mass is 1700 g/mol. The third-order valence-corrected chi connectivity index (χ3v) is 23.7. The number of H-pyrrole nitrogens is 3. The zero-order valence-electron chi connectivity index (χ0n) is 59.0. The minimum atomic E-state index is -4.02. The number of hydrogen-bond acceptors (Lipinski definition) is 39. The minimum absolute atomic E-state index is 0.0119. The summed E-state index contributed by atoms with van der Waals surface area (Å²) >= 11 is 14.3. The Kier molecular flexibility index (Phi) is 25.4. The lowest BCUT2D eigenvalue weighted by Crippen LogP contribution is -2.33. The number of anilines is 3. The van der Waals surface area contributed by atoms with Crippen molar-refractivity contribution in [2.45, 2.75) is 163 Å². The molecule has 6 aliphatic rings. The Balaban J connectivity index is 0.000000148. The molecule has 54 heteroatoms. The summed E-state index contributed by atoms with van der Waals surface area (Å²) < 4.78 is 89.1. The molecule has 9 unspecified atom stereocenters. The number of imidazole rings is 3. The van der Waals surface area contributed by atoms with Crippen molar-refractivity contribution in [2.75, 3.05) is 56.8 Å².